The molecule has 0 aliphatic carbocycles. The van der Waals surface area contributed by atoms with E-state index in [9.17, 15) is 19.2 Å². The van der Waals surface area contributed by atoms with Crippen molar-refractivity contribution in [1.29, 1.82) is 0 Å². The number of anilines is 2. The van der Waals surface area contributed by atoms with Gasteiger partial charge in [0.2, 0.25) is 0 Å². The maximum atomic E-state index is 12.5. The van der Waals surface area contributed by atoms with Crippen molar-refractivity contribution in [1.82, 2.24) is 4.90 Å². The van der Waals surface area contributed by atoms with E-state index in [-0.39, 0.29) is 18.4 Å². The van der Waals surface area contributed by atoms with Crippen LogP contribution in [0.1, 0.15) is 36.6 Å². The lowest BCUT2D eigenvalue weighted by molar-refractivity contribution is -0.113. The number of carbonyl (C=O) groups excluding carboxylic acids is 4. The molecule has 3 amide bonds. The first-order chi connectivity index (χ1) is 14.1. The van der Waals surface area contributed by atoms with Gasteiger partial charge in [-0.15, -0.1) is 0 Å². The van der Waals surface area contributed by atoms with Crippen LogP contribution in [0.4, 0.5) is 11.4 Å². The Bertz CT molecular complexity index is 1180. The summed E-state index contributed by atoms with van der Waals surface area (Å²) in [5.41, 5.74) is 3.05. The summed E-state index contributed by atoms with van der Waals surface area (Å²) in [6, 6.07) is 20.5. The maximum absolute atomic E-state index is 12.5. The Morgan fingerprint density at radius 1 is 0.586 bits per heavy atom. The fourth-order valence-corrected chi connectivity index (χ4v) is 3.76. The molecule has 6 nitrogen and oxygen atoms in total. The summed E-state index contributed by atoms with van der Waals surface area (Å²) in [7, 11) is 0. The topological polar surface area (TPSA) is 74.8 Å². The molecular formula is C23H14N2O4. The molecule has 2 aliphatic rings. The first kappa shape index (κ1) is 17.1. The fraction of sp³-hybridized carbons (Fsp3) is 0.0435. The average molecular weight is 382 g/mol. The minimum atomic E-state index is -0.598. The van der Waals surface area contributed by atoms with Gasteiger partial charge in [0, 0.05) is 5.69 Å². The van der Waals surface area contributed by atoms with Crippen LogP contribution in [0.2, 0.25) is 0 Å². The van der Waals surface area contributed by atoms with Crippen molar-refractivity contribution >= 4 is 34.9 Å². The van der Waals surface area contributed by atoms with E-state index in [1.54, 1.807) is 72.8 Å². The molecule has 0 N–H and O–H groups in total. The Morgan fingerprint density at radius 3 is 1.76 bits per heavy atom. The SMILES string of the molecule is O=C1C(=O)N(c2ccc(CN3C(=O)c4ccccc4C3=O)cc2)c2ccccc21. The van der Waals surface area contributed by atoms with Crippen LogP contribution in [0.15, 0.2) is 72.8 Å². The van der Waals surface area contributed by atoms with E-state index in [1.807, 2.05) is 0 Å². The number of para-hydroxylation sites is 1. The van der Waals surface area contributed by atoms with E-state index in [2.05, 4.69) is 0 Å². The van der Waals surface area contributed by atoms with Crippen molar-refractivity contribution < 1.29 is 19.2 Å². The lowest BCUT2D eigenvalue weighted by atomic mass is 10.1. The molecule has 0 unspecified atom stereocenters. The zero-order valence-electron chi connectivity index (χ0n) is 15.2. The van der Waals surface area contributed by atoms with Crippen LogP contribution in [0, 0.1) is 0 Å². The molecule has 3 aromatic carbocycles. The minimum Gasteiger partial charge on any atom is -0.283 e. The molecule has 29 heavy (non-hydrogen) atoms. The molecule has 2 heterocycles. The van der Waals surface area contributed by atoms with Crippen molar-refractivity contribution in [2.24, 2.45) is 0 Å². The van der Waals surface area contributed by atoms with Crippen molar-refractivity contribution in [3.05, 3.63) is 95.1 Å². The molecule has 0 radical (unpaired) electrons. The number of imide groups is 1. The van der Waals surface area contributed by atoms with Crippen LogP contribution in [0.25, 0.3) is 0 Å². The normalized spacial score (nSPS) is 15.2. The van der Waals surface area contributed by atoms with Crippen molar-refractivity contribution in [3.8, 4) is 0 Å². The Kier molecular flexibility index (Phi) is 3.67. The molecule has 6 heteroatoms. The largest absolute Gasteiger partial charge is 0.304 e. The van der Waals surface area contributed by atoms with Crippen molar-refractivity contribution in [3.63, 3.8) is 0 Å². The van der Waals surface area contributed by atoms with Gasteiger partial charge < -0.3 is 0 Å². The Hall–Kier alpha value is -4.06. The molecule has 0 saturated heterocycles. The fourth-order valence-electron chi connectivity index (χ4n) is 3.76. The van der Waals surface area contributed by atoms with Gasteiger partial charge in [0.05, 0.1) is 28.9 Å². The van der Waals surface area contributed by atoms with Crippen molar-refractivity contribution in [2.45, 2.75) is 6.54 Å². The van der Waals surface area contributed by atoms with E-state index in [0.717, 1.165) is 5.56 Å². The van der Waals surface area contributed by atoms with Gasteiger partial charge in [-0.05, 0) is 42.0 Å². The second-order valence-corrected chi connectivity index (χ2v) is 6.90. The van der Waals surface area contributed by atoms with Gasteiger partial charge in [-0.2, -0.15) is 0 Å². The number of nitrogens with zero attached hydrogens (tertiary/aromatic N) is 2. The van der Waals surface area contributed by atoms with Crippen LogP contribution < -0.4 is 4.90 Å². The number of Topliss-reactive ketones (excluding diaryl/α,β-unsaturated/α-hetero) is 1. The number of hydrogen-bond donors (Lipinski definition) is 0. The average Bonchev–Trinajstić information content (AvgIpc) is 3.15. The highest BCUT2D eigenvalue weighted by Gasteiger charge is 2.37. The zero-order valence-corrected chi connectivity index (χ0v) is 15.2. The lowest BCUT2D eigenvalue weighted by Crippen LogP contribution is -2.29. The Labute approximate surface area is 166 Å². The third-order valence-corrected chi connectivity index (χ3v) is 5.20. The van der Waals surface area contributed by atoms with Gasteiger partial charge in [-0.1, -0.05) is 36.4 Å². The molecule has 5 rings (SSSR count). The van der Waals surface area contributed by atoms with Gasteiger partial charge in [0.25, 0.3) is 17.6 Å². The van der Waals surface area contributed by atoms with E-state index in [4.69, 9.17) is 0 Å². The summed E-state index contributed by atoms with van der Waals surface area (Å²) in [4.78, 5) is 52.2. The highest BCUT2D eigenvalue weighted by molar-refractivity contribution is 6.53. The molecule has 0 atom stereocenters. The molecule has 3 aromatic rings. The summed E-state index contributed by atoms with van der Waals surface area (Å²) in [6.45, 7) is 0.135. The summed E-state index contributed by atoms with van der Waals surface area (Å²) < 4.78 is 0. The van der Waals surface area contributed by atoms with E-state index in [1.165, 1.54) is 9.80 Å². The highest BCUT2D eigenvalue weighted by Crippen LogP contribution is 2.35. The first-order valence-corrected chi connectivity index (χ1v) is 9.08. The van der Waals surface area contributed by atoms with E-state index in [0.29, 0.717) is 28.1 Å². The van der Waals surface area contributed by atoms with Crippen LogP contribution in [-0.2, 0) is 11.3 Å². The number of rotatable bonds is 3. The molecule has 0 bridgehead atoms. The molecule has 0 fully saturated rings. The molecule has 0 aromatic heterocycles. The summed E-state index contributed by atoms with van der Waals surface area (Å²) in [5, 5.41) is 0. The third-order valence-electron chi connectivity index (χ3n) is 5.20. The number of fused-ring (bicyclic) bond motifs is 2. The Balaban J connectivity index is 1.41. The van der Waals surface area contributed by atoms with Crippen LogP contribution >= 0.6 is 0 Å². The lowest BCUT2D eigenvalue weighted by Gasteiger charge is -2.18. The summed E-state index contributed by atoms with van der Waals surface area (Å²) >= 11 is 0. The summed E-state index contributed by atoms with van der Waals surface area (Å²) in [6.07, 6.45) is 0. The number of hydrogen-bond acceptors (Lipinski definition) is 4. The molecule has 0 saturated carbocycles. The van der Waals surface area contributed by atoms with Gasteiger partial charge in [0.1, 0.15) is 0 Å². The van der Waals surface area contributed by atoms with Crippen LogP contribution in [-0.4, -0.2) is 28.4 Å². The number of amides is 3. The molecule has 140 valence electrons. The first-order valence-electron chi connectivity index (χ1n) is 9.08. The number of ketones is 1. The van der Waals surface area contributed by atoms with Gasteiger partial charge in [0.15, 0.2) is 0 Å². The maximum Gasteiger partial charge on any atom is 0.304 e. The monoisotopic (exact) mass is 382 g/mol. The number of benzene rings is 3. The zero-order chi connectivity index (χ0) is 20.1. The molecule has 0 spiro atoms. The van der Waals surface area contributed by atoms with E-state index >= 15 is 0 Å². The Morgan fingerprint density at radius 2 is 1.14 bits per heavy atom. The molecule has 2 aliphatic heterocycles. The van der Waals surface area contributed by atoms with Crippen LogP contribution in [0.3, 0.4) is 0 Å². The number of carbonyl (C=O) groups is 4. The second kappa shape index (κ2) is 6.24. The van der Waals surface area contributed by atoms with Crippen molar-refractivity contribution in [2.75, 3.05) is 4.90 Å². The quantitative estimate of drug-likeness (QED) is 0.514. The standard InChI is InChI=1S/C23H14N2O4/c26-20-18-7-3-4-8-19(18)25(23(20)29)15-11-9-14(10-12-15)13-24-21(27)16-5-1-2-6-17(16)22(24)28/h1-12H,13H2. The van der Waals surface area contributed by atoms with Gasteiger partial charge in [-0.3, -0.25) is 29.0 Å². The van der Waals surface area contributed by atoms with E-state index < -0.39 is 11.7 Å². The van der Waals surface area contributed by atoms with Crippen LogP contribution in [0.5, 0.6) is 0 Å². The third kappa shape index (κ3) is 2.50. The molecular weight excluding hydrogens is 368 g/mol. The predicted octanol–water partition coefficient (Wildman–Crippen LogP) is 3.34. The van der Waals surface area contributed by atoms with Gasteiger partial charge >= 0.3 is 5.91 Å². The minimum absolute atomic E-state index is 0.135. The van der Waals surface area contributed by atoms with Gasteiger partial charge in [-0.25, -0.2) is 0 Å². The highest BCUT2D eigenvalue weighted by atomic mass is 16.2. The smallest absolute Gasteiger partial charge is 0.283 e. The predicted molar refractivity (Wildman–Crippen MR) is 105 cm³/mol. The summed E-state index contributed by atoms with van der Waals surface area (Å²) in [5.74, 6) is -1.76. The second-order valence-electron chi connectivity index (χ2n) is 6.90.